The maximum atomic E-state index is 9.81. The van der Waals surface area contributed by atoms with Crippen LogP contribution in [0.2, 0.25) is 0 Å². The molecule has 0 saturated carbocycles. The molecule has 0 saturated heterocycles. The molecule has 0 bridgehead atoms. The van der Waals surface area contributed by atoms with Gasteiger partial charge < -0.3 is 10.4 Å². The molecule has 1 rings (SSSR count). The lowest BCUT2D eigenvalue weighted by atomic mass is 9.88. The summed E-state index contributed by atoms with van der Waals surface area (Å²) in [5.74, 6) is 3.05. The molecule has 0 aliphatic heterocycles. The van der Waals surface area contributed by atoms with E-state index in [-0.39, 0.29) is 12.1 Å². The molecule has 1 aromatic rings. The zero-order chi connectivity index (χ0) is 14.1. The van der Waals surface area contributed by atoms with Gasteiger partial charge in [0.1, 0.15) is 0 Å². The van der Waals surface area contributed by atoms with Crippen molar-refractivity contribution < 1.29 is 5.11 Å². The van der Waals surface area contributed by atoms with Crippen LogP contribution in [0.25, 0.3) is 0 Å². The van der Waals surface area contributed by atoms with Crippen molar-refractivity contribution >= 4 is 11.8 Å². The highest BCUT2D eigenvalue weighted by Gasteiger charge is 2.28. The molecule has 0 heterocycles. The van der Waals surface area contributed by atoms with Crippen LogP contribution >= 0.6 is 11.8 Å². The van der Waals surface area contributed by atoms with Gasteiger partial charge in [0, 0.05) is 0 Å². The first-order chi connectivity index (χ1) is 9.18. The van der Waals surface area contributed by atoms with Crippen molar-refractivity contribution in [2.75, 3.05) is 25.2 Å². The Hall–Kier alpha value is -0.510. The Morgan fingerprint density at radius 2 is 2.00 bits per heavy atom. The van der Waals surface area contributed by atoms with E-state index in [4.69, 9.17) is 0 Å². The van der Waals surface area contributed by atoms with Crippen molar-refractivity contribution in [3.63, 3.8) is 0 Å². The third-order valence-electron chi connectivity index (χ3n) is 3.85. The van der Waals surface area contributed by atoms with Gasteiger partial charge in [-0.1, -0.05) is 50.6 Å². The summed E-state index contributed by atoms with van der Waals surface area (Å²) in [6.45, 7) is 4.67. The zero-order valence-electron chi connectivity index (χ0n) is 12.4. The van der Waals surface area contributed by atoms with Crippen LogP contribution in [0, 0.1) is 5.92 Å². The highest BCUT2D eigenvalue weighted by Crippen LogP contribution is 2.26. The summed E-state index contributed by atoms with van der Waals surface area (Å²) in [6, 6.07) is 10.3. The van der Waals surface area contributed by atoms with Crippen molar-refractivity contribution in [1.82, 2.24) is 5.32 Å². The molecule has 19 heavy (non-hydrogen) atoms. The third kappa shape index (κ3) is 4.83. The van der Waals surface area contributed by atoms with Gasteiger partial charge in [-0.25, -0.2) is 0 Å². The second-order valence-corrected chi connectivity index (χ2v) is 6.34. The second-order valence-electron chi connectivity index (χ2n) is 5.19. The molecular formula is C16H27NOS. The topological polar surface area (TPSA) is 32.3 Å². The molecule has 2 atom stereocenters. The number of nitrogens with one attached hydrogen (secondary N) is 1. The van der Waals surface area contributed by atoms with Gasteiger partial charge >= 0.3 is 0 Å². The fourth-order valence-corrected chi connectivity index (χ4v) is 3.37. The summed E-state index contributed by atoms with van der Waals surface area (Å²) in [5.41, 5.74) is 0.869. The maximum Gasteiger partial charge on any atom is 0.0674 e. The van der Waals surface area contributed by atoms with Crippen LogP contribution in [0.5, 0.6) is 0 Å². The molecule has 108 valence electrons. The van der Waals surface area contributed by atoms with Crippen molar-refractivity contribution in [2.45, 2.75) is 32.2 Å². The summed E-state index contributed by atoms with van der Waals surface area (Å²) in [5, 5.41) is 13.1. The van der Waals surface area contributed by atoms with E-state index in [2.05, 4.69) is 31.3 Å². The summed E-state index contributed by atoms with van der Waals surface area (Å²) >= 11 is 1.99. The number of likely N-dealkylation sites (N-methyl/N-ethyl adjacent to an activating group) is 1. The molecule has 0 aromatic heterocycles. The van der Waals surface area contributed by atoms with Crippen molar-refractivity contribution in [3.05, 3.63) is 35.9 Å². The van der Waals surface area contributed by atoms with Crippen LogP contribution in [0.3, 0.4) is 0 Å². The highest BCUT2D eigenvalue weighted by atomic mass is 32.2. The summed E-state index contributed by atoms with van der Waals surface area (Å²) < 4.78 is 0. The molecule has 0 amide bonds. The molecule has 0 aliphatic carbocycles. The minimum atomic E-state index is -0.302. The number of benzene rings is 1. The van der Waals surface area contributed by atoms with E-state index in [0.717, 1.165) is 18.1 Å². The van der Waals surface area contributed by atoms with E-state index < -0.39 is 0 Å². The Morgan fingerprint density at radius 1 is 1.32 bits per heavy atom. The number of hydrogen-bond acceptors (Lipinski definition) is 3. The average Bonchev–Trinajstić information content (AvgIpc) is 2.48. The number of hydrogen-bond donors (Lipinski definition) is 2. The standard InChI is InChI=1S/C16H27NOS/c1-4-14(2)12-19-11-10-16(13-18,17-3)15-8-6-5-7-9-15/h5-9,14,17-18H,4,10-13H2,1-3H3. The lowest BCUT2D eigenvalue weighted by Crippen LogP contribution is -2.44. The average molecular weight is 281 g/mol. The molecule has 1 aromatic carbocycles. The van der Waals surface area contributed by atoms with Crippen LogP contribution in [0.15, 0.2) is 30.3 Å². The van der Waals surface area contributed by atoms with Gasteiger partial charge in [0.15, 0.2) is 0 Å². The number of rotatable bonds is 9. The van der Waals surface area contributed by atoms with Crippen LogP contribution < -0.4 is 5.32 Å². The molecule has 2 unspecified atom stereocenters. The number of aliphatic hydroxyl groups is 1. The van der Waals surface area contributed by atoms with Crippen LogP contribution in [0.4, 0.5) is 0 Å². The fourth-order valence-electron chi connectivity index (χ4n) is 2.07. The summed E-state index contributed by atoms with van der Waals surface area (Å²) in [7, 11) is 1.93. The van der Waals surface area contributed by atoms with Gasteiger partial charge in [0.2, 0.25) is 0 Å². The van der Waals surface area contributed by atoms with Crippen molar-refractivity contribution in [2.24, 2.45) is 5.92 Å². The maximum absolute atomic E-state index is 9.81. The van der Waals surface area contributed by atoms with Crippen molar-refractivity contribution in [1.29, 1.82) is 0 Å². The van der Waals surface area contributed by atoms with E-state index in [1.54, 1.807) is 0 Å². The predicted octanol–water partition coefficient (Wildman–Crippen LogP) is 3.26. The normalized spacial score (nSPS) is 16.0. The zero-order valence-corrected chi connectivity index (χ0v) is 13.2. The number of thioether (sulfide) groups is 1. The minimum Gasteiger partial charge on any atom is -0.394 e. The quantitative estimate of drug-likeness (QED) is 0.681. The SMILES string of the molecule is CCC(C)CSCCC(CO)(NC)c1ccccc1. The van der Waals surface area contributed by atoms with Crippen LogP contribution in [-0.4, -0.2) is 30.3 Å². The van der Waals surface area contributed by atoms with Gasteiger partial charge in [-0.3, -0.25) is 0 Å². The van der Waals surface area contributed by atoms with E-state index in [1.165, 1.54) is 17.7 Å². The van der Waals surface area contributed by atoms with E-state index >= 15 is 0 Å². The smallest absolute Gasteiger partial charge is 0.0674 e. The fraction of sp³-hybridized carbons (Fsp3) is 0.625. The number of aliphatic hydroxyl groups excluding tert-OH is 1. The van der Waals surface area contributed by atoms with Gasteiger partial charge in [-0.05, 0) is 36.5 Å². The molecule has 0 spiro atoms. The van der Waals surface area contributed by atoms with Crippen LogP contribution in [-0.2, 0) is 5.54 Å². The first-order valence-corrected chi connectivity index (χ1v) is 8.27. The monoisotopic (exact) mass is 281 g/mol. The Bertz CT molecular complexity index is 338. The van der Waals surface area contributed by atoms with Gasteiger partial charge in [0.05, 0.1) is 12.1 Å². The van der Waals surface area contributed by atoms with E-state index in [9.17, 15) is 5.11 Å². The van der Waals surface area contributed by atoms with Crippen LogP contribution in [0.1, 0.15) is 32.3 Å². The largest absolute Gasteiger partial charge is 0.394 e. The van der Waals surface area contributed by atoms with Gasteiger partial charge in [-0.15, -0.1) is 0 Å². The van der Waals surface area contributed by atoms with Gasteiger partial charge in [-0.2, -0.15) is 11.8 Å². The molecule has 0 radical (unpaired) electrons. The van der Waals surface area contributed by atoms with Gasteiger partial charge in [0.25, 0.3) is 0 Å². The summed E-state index contributed by atoms with van der Waals surface area (Å²) in [4.78, 5) is 0. The predicted molar refractivity (Wildman–Crippen MR) is 85.7 cm³/mol. The Kier molecular flexibility index (Phi) is 7.51. The second kappa shape index (κ2) is 8.62. The van der Waals surface area contributed by atoms with E-state index in [0.29, 0.717) is 0 Å². The molecule has 0 aliphatic rings. The molecule has 2 nitrogen and oxygen atoms in total. The third-order valence-corrected chi connectivity index (χ3v) is 5.14. The first-order valence-electron chi connectivity index (χ1n) is 7.11. The van der Waals surface area contributed by atoms with Crippen molar-refractivity contribution in [3.8, 4) is 0 Å². The Labute approximate surface area is 122 Å². The molecule has 3 heteroatoms. The molecular weight excluding hydrogens is 254 g/mol. The Morgan fingerprint density at radius 3 is 2.53 bits per heavy atom. The Balaban J connectivity index is 2.58. The van der Waals surface area contributed by atoms with E-state index in [1.807, 2.05) is 37.0 Å². The first kappa shape index (κ1) is 16.5. The molecule has 2 N–H and O–H groups in total. The lowest BCUT2D eigenvalue weighted by molar-refractivity contribution is 0.165. The highest BCUT2D eigenvalue weighted by molar-refractivity contribution is 7.99. The summed E-state index contributed by atoms with van der Waals surface area (Å²) in [6.07, 6.45) is 2.19. The molecule has 0 fully saturated rings. The lowest BCUT2D eigenvalue weighted by Gasteiger charge is -2.32. The minimum absolute atomic E-state index is 0.136.